The fourth-order valence-electron chi connectivity index (χ4n) is 1.32. The molecule has 3 heteroatoms. The molecule has 2 rings (SSSR count). The van der Waals surface area contributed by atoms with E-state index in [9.17, 15) is 5.11 Å². The number of benzene rings is 1. The molecule has 0 aliphatic heterocycles. The maximum Gasteiger partial charge on any atom is 0.121 e. The van der Waals surface area contributed by atoms with Crippen molar-refractivity contribution in [1.82, 2.24) is 4.98 Å². The second-order valence-electron chi connectivity index (χ2n) is 3.08. The zero-order chi connectivity index (χ0) is 9.80. The van der Waals surface area contributed by atoms with Gasteiger partial charge in [0, 0.05) is 18.0 Å². The first-order valence-electron chi connectivity index (χ1n) is 4.47. The third kappa shape index (κ3) is 2.19. The van der Waals surface area contributed by atoms with Crippen molar-refractivity contribution in [3.63, 3.8) is 0 Å². The van der Waals surface area contributed by atoms with Crippen LogP contribution in [0.3, 0.4) is 0 Å². The molecule has 0 saturated carbocycles. The average Bonchev–Trinajstić information content (AvgIpc) is 2.72. The van der Waals surface area contributed by atoms with Gasteiger partial charge in [0.2, 0.25) is 0 Å². The van der Waals surface area contributed by atoms with E-state index in [1.165, 1.54) is 11.3 Å². The lowest BCUT2D eigenvalue weighted by Gasteiger charge is -2.06. The van der Waals surface area contributed by atoms with E-state index >= 15 is 0 Å². The minimum atomic E-state index is -0.475. The molecule has 0 aliphatic rings. The fraction of sp³-hybridized carbons (Fsp3) is 0.182. The Labute approximate surface area is 86.9 Å². The highest BCUT2D eigenvalue weighted by molar-refractivity contribution is 7.09. The Morgan fingerprint density at radius 2 is 2.07 bits per heavy atom. The largest absolute Gasteiger partial charge is 0.386 e. The summed E-state index contributed by atoms with van der Waals surface area (Å²) in [4.78, 5) is 4.08. The Hall–Kier alpha value is -1.19. The van der Waals surface area contributed by atoms with Crippen LogP contribution in [0.1, 0.15) is 16.7 Å². The molecule has 1 aromatic heterocycles. The topological polar surface area (TPSA) is 33.1 Å². The number of thiazole rings is 1. The molecule has 0 fully saturated rings. The van der Waals surface area contributed by atoms with Crippen molar-refractivity contribution in [2.24, 2.45) is 0 Å². The number of hydrogen-bond acceptors (Lipinski definition) is 3. The highest BCUT2D eigenvalue weighted by Gasteiger charge is 2.10. The molecule has 14 heavy (non-hydrogen) atoms. The molecule has 72 valence electrons. The van der Waals surface area contributed by atoms with Crippen molar-refractivity contribution in [3.8, 4) is 0 Å². The monoisotopic (exact) mass is 205 g/mol. The smallest absolute Gasteiger partial charge is 0.121 e. The molecule has 1 atom stereocenters. The van der Waals surface area contributed by atoms with Crippen LogP contribution < -0.4 is 0 Å². The molecule has 1 aromatic carbocycles. The van der Waals surface area contributed by atoms with Crippen LogP contribution in [-0.2, 0) is 6.42 Å². The van der Waals surface area contributed by atoms with E-state index in [4.69, 9.17) is 0 Å². The minimum Gasteiger partial charge on any atom is -0.386 e. The summed E-state index contributed by atoms with van der Waals surface area (Å²) >= 11 is 1.49. The van der Waals surface area contributed by atoms with Crippen molar-refractivity contribution in [2.75, 3.05) is 0 Å². The maximum atomic E-state index is 9.81. The molecule has 0 saturated heterocycles. The molecule has 0 spiro atoms. The van der Waals surface area contributed by atoms with E-state index in [0.29, 0.717) is 6.42 Å². The number of hydrogen-bond donors (Lipinski definition) is 1. The Kier molecular flexibility index (Phi) is 2.91. The summed E-state index contributed by atoms with van der Waals surface area (Å²) in [6, 6.07) is 9.95. The zero-order valence-electron chi connectivity index (χ0n) is 7.63. The average molecular weight is 205 g/mol. The number of nitrogens with zero attached hydrogens (tertiary/aromatic N) is 1. The van der Waals surface area contributed by atoms with Gasteiger partial charge < -0.3 is 5.11 Å². The number of aliphatic hydroxyl groups is 1. The normalized spacial score (nSPS) is 12.6. The van der Waals surface area contributed by atoms with Crippen molar-refractivity contribution in [1.29, 1.82) is 0 Å². The standard InChI is InChI=1S/C11H11NOS/c13-10(11-12-6-7-14-11)8-9-4-2-1-3-5-9/h1-7,10,13H,8H2/t10-/m0/s1. The summed E-state index contributed by atoms with van der Waals surface area (Å²) in [5.74, 6) is 0. The van der Waals surface area contributed by atoms with Crippen LogP contribution >= 0.6 is 11.3 Å². The van der Waals surface area contributed by atoms with Crippen LogP contribution in [0.15, 0.2) is 41.9 Å². The molecule has 0 radical (unpaired) electrons. The van der Waals surface area contributed by atoms with E-state index in [1.54, 1.807) is 6.20 Å². The summed E-state index contributed by atoms with van der Waals surface area (Å²) in [6.07, 6.45) is 1.88. The van der Waals surface area contributed by atoms with Crippen molar-refractivity contribution >= 4 is 11.3 Å². The quantitative estimate of drug-likeness (QED) is 0.834. The van der Waals surface area contributed by atoms with Gasteiger partial charge in [-0.15, -0.1) is 11.3 Å². The third-order valence-electron chi connectivity index (χ3n) is 2.01. The summed E-state index contributed by atoms with van der Waals surface area (Å²) < 4.78 is 0. The summed E-state index contributed by atoms with van der Waals surface area (Å²) in [6.45, 7) is 0. The third-order valence-corrected chi connectivity index (χ3v) is 2.89. The molecule has 1 heterocycles. The first-order chi connectivity index (χ1) is 6.86. The molecule has 2 nitrogen and oxygen atoms in total. The number of aromatic nitrogens is 1. The maximum absolute atomic E-state index is 9.81. The van der Waals surface area contributed by atoms with Gasteiger partial charge in [0.1, 0.15) is 11.1 Å². The van der Waals surface area contributed by atoms with Crippen molar-refractivity contribution < 1.29 is 5.11 Å². The number of rotatable bonds is 3. The second kappa shape index (κ2) is 4.35. The summed E-state index contributed by atoms with van der Waals surface area (Å²) in [5.41, 5.74) is 1.13. The summed E-state index contributed by atoms with van der Waals surface area (Å²) in [5, 5.41) is 12.5. The van der Waals surface area contributed by atoms with Crippen LogP contribution in [0.25, 0.3) is 0 Å². The van der Waals surface area contributed by atoms with Crippen LogP contribution in [0, 0.1) is 0 Å². The lowest BCUT2D eigenvalue weighted by molar-refractivity contribution is 0.178. The Bertz CT molecular complexity index is 371. The van der Waals surface area contributed by atoms with Gasteiger partial charge in [0.05, 0.1) is 0 Å². The highest BCUT2D eigenvalue weighted by Crippen LogP contribution is 2.19. The van der Waals surface area contributed by atoms with Crippen molar-refractivity contribution in [2.45, 2.75) is 12.5 Å². The van der Waals surface area contributed by atoms with Gasteiger partial charge in [-0.2, -0.15) is 0 Å². The molecule has 0 aliphatic carbocycles. The van der Waals surface area contributed by atoms with Crippen LogP contribution in [0.2, 0.25) is 0 Å². The van der Waals surface area contributed by atoms with E-state index in [0.717, 1.165) is 10.6 Å². The van der Waals surface area contributed by atoms with Gasteiger partial charge in [-0.05, 0) is 5.56 Å². The van der Waals surface area contributed by atoms with Gasteiger partial charge in [0.15, 0.2) is 0 Å². The van der Waals surface area contributed by atoms with Crippen molar-refractivity contribution in [3.05, 3.63) is 52.5 Å². The molecule has 0 unspecified atom stereocenters. The molecular weight excluding hydrogens is 194 g/mol. The summed E-state index contributed by atoms with van der Waals surface area (Å²) in [7, 11) is 0. The lowest BCUT2D eigenvalue weighted by atomic mass is 10.1. The van der Waals surface area contributed by atoms with E-state index in [2.05, 4.69) is 4.98 Å². The SMILES string of the molecule is O[C@@H](Cc1ccccc1)c1nccs1. The van der Waals surface area contributed by atoms with E-state index < -0.39 is 6.10 Å². The zero-order valence-corrected chi connectivity index (χ0v) is 8.45. The van der Waals surface area contributed by atoms with Gasteiger partial charge in [-0.1, -0.05) is 30.3 Å². The van der Waals surface area contributed by atoms with Crippen LogP contribution in [0.4, 0.5) is 0 Å². The first-order valence-corrected chi connectivity index (χ1v) is 5.35. The van der Waals surface area contributed by atoms with Gasteiger partial charge in [-0.25, -0.2) is 4.98 Å². The second-order valence-corrected chi connectivity index (χ2v) is 4.00. The predicted molar refractivity (Wildman–Crippen MR) is 57.2 cm³/mol. The first kappa shape index (κ1) is 9.37. The molecule has 1 N–H and O–H groups in total. The van der Waals surface area contributed by atoms with E-state index in [1.807, 2.05) is 35.7 Å². The number of aliphatic hydroxyl groups excluding tert-OH is 1. The Morgan fingerprint density at radius 3 is 2.71 bits per heavy atom. The molecule has 0 bridgehead atoms. The van der Waals surface area contributed by atoms with Crippen LogP contribution in [-0.4, -0.2) is 10.1 Å². The lowest BCUT2D eigenvalue weighted by Crippen LogP contribution is -2.00. The molecular formula is C11H11NOS. The minimum absolute atomic E-state index is 0.475. The Morgan fingerprint density at radius 1 is 1.29 bits per heavy atom. The predicted octanol–water partition coefficient (Wildman–Crippen LogP) is 2.42. The van der Waals surface area contributed by atoms with Gasteiger partial charge >= 0.3 is 0 Å². The molecule has 0 amide bonds. The van der Waals surface area contributed by atoms with Crippen LogP contribution in [0.5, 0.6) is 0 Å². The van der Waals surface area contributed by atoms with Gasteiger partial charge in [-0.3, -0.25) is 0 Å². The highest BCUT2D eigenvalue weighted by atomic mass is 32.1. The Balaban J connectivity index is 2.06. The van der Waals surface area contributed by atoms with E-state index in [-0.39, 0.29) is 0 Å². The fourth-order valence-corrected chi connectivity index (χ4v) is 1.95. The van der Waals surface area contributed by atoms with Gasteiger partial charge in [0.25, 0.3) is 0 Å². The molecule has 2 aromatic rings.